The normalized spacial score (nSPS) is 19.5. The molecule has 1 atom stereocenters. The smallest absolute Gasteiger partial charge is 0.165 e. The highest BCUT2D eigenvalue weighted by molar-refractivity contribution is 9.10. The van der Waals surface area contributed by atoms with E-state index in [0.29, 0.717) is 6.04 Å². The molecule has 0 aliphatic carbocycles. The van der Waals surface area contributed by atoms with Crippen molar-refractivity contribution >= 4 is 15.9 Å². The zero-order valence-electron chi connectivity index (χ0n) is 8.84. The monoisotopic (exact) mass is 271 g/mol. The molecule has 1 aliphatic rings. The van der Waals surface area contributed by atoms with E-state index in [1.807, 2.05) is 6.07 Å². The van der Waals surface area contributed by atoms with E-state index in [2.05, 4.69) is 27.3 Å². The molecule has 1 aromatic rings. The second-order valence-corrected chi connectivity index (χ2v) is 4.44. The van der Waals surface area contributed by atoms with Crippen LogP contribution in [0.3, 0.4) is 0 Å². The van der Waals surface area contributed by atoms with Gasteiger partial charge in [0, 0.05) is 16.1 Å². The van der Waals surface area contributed by atoms with Gasteiger partial charge in [-0.3, -0.25) is 0 Å². The van der Waals surface area contributed by atoms with Crippen molar-refractivity contribution < 1.29 is 9.47 Å². The molecule has 1 aromatic carbocycles. The van der Waals surface area contributed by atoms with Crippen molar-refractivity contribution in [3.05, 3.63) is 22.2 Å². The molecule has 1 N–H and O–H groups in total. The minimum absolute atomic E-state index is 0.395. The van der Waals surface area contributed by atoms with Crippen LogP contribution in [0.15, 0.2) is 16.6 Å². The van der Waals surface area contributed by atoms with Gasteiger partial charge in [-0.25, -0.2) is 0 Å². The Morgan fingerprint density at radius 1 is 1.33 bits per heavy atom. The van der Waals surface area contributed by atoms with Gasteiger partial charge in [0.25, 0.3) is 0 Å². The summed E-state index contributed by atoms with van der Waals surface area (Å²) in [6, 6.07) is 4.39. The number of nitrogens with one attached hydrogen (secondary N) is 1. The van der Waals surface area contributed by atoms with E-state index in [9.17, 15) is 0 Å². The fourth-order valence-electron chi connectivity index (χ4n) is 1.77. The number of ether oxygens (including phenoxy) is 2. The number of methoxy groups -OCH3 is 2. The van der Waals surface area contributed by atoms with E-state index in [4.69, 9.17) is 9.47 Å². The molecule has 2 rings (SSSR count). The van der Waals surface area contributed by atoms with E-state index >= 15 is 0 Å². The Kier molecular flexibility index (Phi) is 3.17. The SMILES string of the molecule is COc1cc(Br)cc(C2CCN2)c1OC. The van der Waals surface area contributed by atoms with Gasteiger partial charge in [-0.1, -0.05) is 15.9 Å². The lowest BCUT2D eigenvalue weighted by Crippen LogP contribution is -2.35. The second kappa shape index (κ2) is 4.41. The molecule has 1 aliphatic heterocycles. The topological polar surface area (TPSA) is 30.5 Å². The van der Waals surface area contributed by atoms with E-state index in [1.165, 1.54) is 0 Å². The van der Waals surface area contributed by atoms with Crippen molar-refractivity contribution in [1.82, 2.24) is 5.32 Å². The van der Waals surface area contributed by atoms with E-state index in [1.54, 1.807) is 14.2 Å². The molecule has 1 saturated heterocycles. The summed E-state index contributed by atoms with van der Waals surface area (Å²) in [4.78, 5) is 0. The van der Waals surface area contributed by atoms with Crippen LogP contribution < -0.4 is 14.8 Å². The minimum atomic E-state index is 0.395. The van der Waals surface area contributed by atoms with E-state index in [-0.39, 0.29) is 0 Å². The molecule has 0 radical (unpaired) electrons. The lowest BCUT2D eigenvalue weighted by atomic mass is 9.97. The molecule has 82 valence electrons. The van der Waals surface area contributed by atoms with Crippen LogP contribution >= 0.6 is 15.9 Å². The van der Waals surface area contributed by atoms with Crippen molar-refractivity contribution in [3.63, 3.8) is 0 Å². The van der Waals surface area contributed by atoms with Crippen molar-refractivity contribution in [2.45, 2.75) is 12.5 Å². The summed E-state index contributed by atoms with van der Waals surface area (Å²) in [5, 5.41) is 3.36. The van der Waals surface area contributed by atoms with Gasteiger partial charge in [0.05, 0.1) is 14.2 Å². The summed E-state index contributed by atoms with van der Waals surface area (Å²) in [6.45, 7) is 1.07. The predicted octanol–water partition coefficient (Wildman–Crippen LogP) is 2.50. The predicted molar refractivity (Wildman–Crippen MR) is 62.6 cm³/mol. The van der Waals surface area contributed by atoms with Gasteiger partial charge >= 0.3 is 0 Å². The average Bonchev–Trinajstić information content (AvgIpc) is 2.14. The van der Waals surface area contributed by atoms with Crippen LogP contribution in [0.1, 0.15) is 18.0 Å². The lowest BCUT2D eigenvalue weighted by Gasteiger charge is -2.30. The molecule has 0 saturated carbocycles. The van der Waals surface area contributed by atoms with Gasteiger partial charge in [0.2, 0.25) is 0 Å². The fraction of sp³-hybridized carbons (Fsp3) is 0.455. The maximum absolute atomic E-state index is 5.39. The van der Waals surface area contributed by atoms with Gasteiger partial charge in [-0.15, -0.1) is 0 Å². The van der Waals surface area contributed by atoms with Crippen LogP contribution in [0.25, 0.3) is 0 Å². The third kappa shape index (κ3) is 1.96. The van der Waals surface area contributed by atoms with Crippen molar-refractivity contribution in [1.29, 1.82) is 0 Å². The number of rotatable bonds is 3. The first-order valence-electron chi connectivity index (χ1n) is 4.91. The van der Waals surface area contributed by atoms with E-state index < -0.39 is 0 Å². The van der Waals surface area contributed by atoms with Gasteiger partial charge in [0.15, 0.2) is 11.5 Å². The third-order valence-electron chi connectivity index (χ3n) is 2.67. The Bertz CT molecular complexity index is 364. The third-order valence-corrected chi connectivity index (χ3v) is 3.13. The van der Waals surface area contributed by atoms with Crippen LogP contribution in [-0.2, 0) is 0 Å². The first-order valence-corrected chi connectivity index (χ1v) is 5.70. The van der Waals surface area contributed by atoms with Crippen LogP contribution in [0.5, 0.6) is 11.5 Å². The molecule has 4 heteroatoms. The Labute approximate surface area is 97.9 Å². The molecule has 0 bridgehead atoms. The van der Waals surface area contributed by atoms with Gasteiger partial charge in [0.1, 0.15) is 0 Å². The van der Waals surface area contributed by atoms with Crippen molar-refractivity contribution in [2.75, 3.05) is 20.8 Å². The highest BCUT2D eigenvalue weighted by Gasteiger charge is 2.24. The van der Waals surface area contributed by atoms with Crippen molar-refractivity contribution in [3.8, 4) is 11.5 Å². The number of halogens is 1. The van der Waals surface area contributed by atoms with Crippen LogP contribution in [0.2, 0.25) is 0 Å². The van der Waals surface area contributed by atoms with E-state index in [0.717, 1.165) is 34.5 Å². The molecule has 1 unspecified atom stereocenters. The van der Waals surface area contributed by atoms with Crippen LogP contribution in [-0.4, -0.2) is 20.8 Å². The Morgan fingerprint density at radius 3 is 2.53 bits per heavy atom. The zero-order valence-corrected chi connectivity index (χ0v) is 10.4. The summed E-state index contributed by atoms with van der Waals surface area (Å²) in [7, 11) is 3.33. The van der Waals surface area contributed by atoms with Crippen LogP contribution in [0, 0.1) is 0 Å². The Balaban J connectivity index is 2.44. The largest absolute Gasteiger partial charge is 0.493 e. The molecule has 15 heavy (non-hydrogen) atoms. The standard InChI is InChI=1S/C11H14BrNO2/c1-14-10-6-7(12)5-8(11(10)15-2)9-3-4-13-9/h5-6,9,13H,3-4H2,1-2H3. The highest BCUT2D eigenvalue weighted by atomic mass is 79.9. The number of benzene rings is 1. The maximum atomic E-state index is 5.39. The summed E-state index contributed by atoms with van der Waals surface area (Å²) < 4.78 is 11.7. The average molecular weight is 272 g/mol. The first kappa shape index (κ1) is 10.8. The number of hydrogen-bond acceptors (Lipinski definition) is 3. The number of hydrogen-bond donors (Lipinski definition) is 1. The van der Waals surface area contributed by atoms with Gasteiger partial charge in [-0.05, 0) is 25.1 Å². The maximum Gasteiger partial charge on any atom is 0.165 e. The highest BCUT2D eigenvalue weighted by Crippen LogP contribution is 2.40. The molecule has 0 aromatic heterocycles. The molecule has 3 nitrogen and oxygen atoms in total. The lowest BCUT2D eigenvalue weighted by molar-refractivity contribution is 0.328. The first-order chi connectivity index (χ1) is 7.26. The minimum Gasteiger partial charge on any atom is -0.493 e. The second-order valence-electron chi connectivity index (χ2n) is 3.53. The fourth-order valence-corrected chi connectivity index (χ4v) is 2.23. The summed E-state index contributed by atoms with van der Waals surface area (Å²) in [5.74, 6) is 1.61. The van der Waals surface area contributed by atoms with Gasteiger partial charge < -0.3 is 14.8 Å². The molecule has 1 fully saturated rings. The summed E-state index contributed by atoms with van der Waals surface area (Å²) >= 11 is 3.48. The molecule has 0 amide bonds. The van der Waals surface area contributed by atoms with Gasteiger partial charge in [-0.2, -0.15) is 0 Å². The molecular formula is C11H14BrNO2. The quantitative estimate of drug-likeness (QED) is 0.917. The Hall–Kier alpha value is -0.740. The molecule has 0 spiro atoms. The zero-order chi connectivity index (χ0) is 10.8. The molecular weight excluding hydrogens is 258 g/mol. The van der Waals surface area contributed by atoms with Crippen molar-refractivity contribution in [2.24, 2.45) is 0 Å². The van der Waals surface area contributed by atoms with Crippen LogP contribution in [0.4, 0.5) is 0 Å². The summed E-state index contributed by atoms with van der Waals surface area (Å²) in [6.07, 6.45) is 1.15. The Morgan fingerprint density at radius 2 is 2.07 bits per heavy atom. The summed E-state index contributed by atoms with van der Waals surface area (Å²) in [5.41, 5.74) is 1.16. The molecule has 1 heterocycles.